The molecule has 0 radical (unpaired) electrons. The molecule has 15 aromatic carbocycles. The summed E-state index contributed by atoms with van der Waals surface area (Å²) in [5.74, 6) is -0.852. The number of anilines is 6. The third-order valence-electron chi connectivity index (χ3n) is 21.6. The van der Waals surface area contributed by atoms with Gasteiger partial charge >= 0.3 is 0 Å². The predicted octanol–water partition coefficient (Wildman–Crippen LogP) is 23.4. The highest BCUT2D eigenvalue weighted by Gasteiger charge is 2.52. The third-order valence-corrected chi connectivity index (χ3v) is 21.6. The van der Waals surface area contributed by atoms with E-state index in [-0.39, 0.29) is 83.5 Å². The Bertz CT molecular complexity index is 7610. The molecule has 4 aliphatic rings. The minimum Gasteiger partial charge on any atom is -0.459 e. The molecule has 20 rings (SSSR count). The molecule has 0 unspecified atom stereocenters. The van der Waals surface area contributed by atoms with Crippen molar-refractivity contribution in [2.45, 2.75) is 78.6 Å². The molecule has 0 atom stereocenters. The average molecular weight is 1410 g/mol. The van der Waals surface area contributed by atoms with Crippen LogP contribution in [0.15, 0.2) is 327 Å². The van der Waals surface area contributed by atoms with E-state index in [1.54, 1.807) is 30.3 Å². The van der Waals surface area contributed by atoms with Crippen molar-refractivity contribution in [2.75, 3.05) is 9.80 Å². The molecule has 0 N–H and O–H groups in total. The molecule has 0 saturated carbocycles. The molecular formula is C102H81B2N3O. The summed E-state index contributed by atoms with van der Waals surface area (Å²) in [5, 5.41) is -0.296. The van der Waals surface area contributed by atoms with Crippen LogP contribution in [-0.4, -0.2) is 18.0 Å². The van der Waals surface area contributed by atoms with E-state index in [2.05, 4.69) is 65.8 Å². The van der Waals surface area contributed by atoms with Gasteiger partial charge < -0.3 is 19.1 Å². The number of para-hydroxylation sites is 1. The fourth-order valence-corrected chi connectivity index (χ4v) is 16.3. The molecule has 5 heterocycles. The zero-order valence-electron chi connectivity index (χ0n) is 83.8. The van der Waals surface area contributed by atoms with E-state index in [1.165, 1.54) is 4.57 Å². The molecule has 6 heteroatoms. The third kappa shape index (κ3) is 10.3. The number of benzene rings is 15. The zero-order chi connectivity index (χ0) is 93.1. The summed E-state index contributed by atoms with van der Waals surface area (Å²) in [6, 6.07) is 43.6. The monoisotopic (exact) mass is 1410 g/mol. The molecule has 516 valence electrons. The number of hydrogen-bond acceptors (Lipinski definition) is 3. The maximum atomic E-state index is 12.4. The number of hydrogen-bond donors (Lipinski definition) is 0. The zero-order valence-corrected chi connectivity index (χ0v) is 60.8. The molecule has 0 amide bonds. The van der Waals surface area contributed by atoms with E-state index >= 15 is 0 Å². The largest absolute Gasteiger partial charge is 0.459 e. The maximum Gasteiger partial charge on any atom is 0.256 e. The second-order valence-corrected chi connectivity index (χ2v) is 31.3. The van der Waals surface area contributed by atoms with E-state index < -0.39 is 191 Å². The van der Waals surface area contributed by atoms with Crippen LogP contribution < -0.4 is 47.3 Å². The Kier molecular flexibility index (Phi) is 10.3. The Morgan fingerprint density at radius 1 is 0.306 bits per heavy atom. The molecule has 1 aromatic heterocycles. The highest BCUT2D eigenvalue weighted by Crippen LogP contribution is 2.57. The Labute approximate surface area is 667 Å². The van der Waals surface area contributed by atoms with Crippen molar-refractivity contribution in [3.8, 4) is 95.1 Å². The van der Waals surface area contributed by atoms with E-state index in [0.717, 1.165) is 11.1 Å². The summed E-state index contributed by atoms with van der Waals surface area (Å²) >= 11 is 0. The van der Waals surface area contributed by atoms with Crippen molar-refractivity contribution in [2.24, 2.45) is 0 Å². The van der Waals surface area contributed by atoms with Gasteiger partial charge in [-0.05, 0) is 188 Å². The average Bonchev–Trinajstić information content (AvgIpc) is 1.63. The van der Waals surface area contributed by atoms with Gasteiger partial charge in [0.2, 0.25) is 0 Å². The summed E-state index contributed by atoms with van der Waals surface area (Å²) in [5.41, 5.74) is 3.70. The lowest BCUT2D eigenvalue weighted by Gasteiger charge is -2.48. The minimum atomic E-state index is -1.77. The minimum absolute atomic E-state index is 0.0480. The Morgan fingerprint density at radius 3 is 1.22 bits per heavy atom. The first kappa shape index (κ1) is 45.2. The van der Waals surface area contributed by atoms with E-state index in [4.69, 9.17) is 10.2 Å². The topological polar surface area (TPSA) is 20.6 Å². The van der Waals surface area contributed by atoms with E-state index in [1.807, 2.05) is 164 Å². The first-order valence-corrected chi connectivity index (χ1v) is 36.4. The number of ether oxygens (including phenoxy) is 1. The van der Waals surface area contributed by atoms with Gasteiger partial charge in [0, 0.05) is 67.0 Å². The smallest absolute Gasteiger partial charge is 0.256 e. The molecular weight excluding hydrogens is 1300 g/mol. The highest BCUT2D eigenvalue weighted by atomic mass is 16.5. The summed E-state index contributed by atoms with van der Waals surface area (Å²) in [7, 11) is 0. The Balaban J connectivity index is 1.10. The molecule has 0 fully saturated rings. The van der Waals surface area contributed by atoms with Crippen molar-refractivity contribution in [1.29, 1.82) is 0 Å². The van der Waals surface area contributed by atoms with E-state index in [9.17, 15) is 26.0 Å². The standard InChI is InChI=1S/C102H81B2N3O/c1-100(2,3)74-57-78(67-39-23-13-24-40-67)96(79(58-74)68-41-25-14-26-42-68)106-87-55-71(64-33-17-10-18-34-64)49-51-83(87)104-93-88(106)61-76(102(7,8)9)62-89(93)107(97-80(69-43-27-15-28-44-69)59-75(101(4,5)6)60-81(97)70-45-29-16-30-46-70)91-63-90-94-99(95(91)104)108-92-56-72(65-35-19-11-20-36-65)50-52-84(92)103(94)85-54-73(66-37-21-12-22-38-66)53-82-77-47-31-32-48-86(77)105(90)98(82)85/h10-63H,1-9H3/i10D,11D,17D,18D,19D,20D,31D,32D,33D,34D,35D,36D,47D,48D,49D,50D,51D,52D,53D,54D,55D,56D,63D. The lowest BCUT2D eigenvalue weighted by molar-refractivity contribution is 0.491. The lowest BCUT2D eigenvalue weighted by Crippen LogP contribution is -2.65. The maximum absolute atomic E-state index is 12.4. The van der Waals surface area contributed by atoms with Gasteiger partial charge in [0.05, 0.1) is 48.4 Å². The van der Waals surface area contributed by atoms with Crippen molar-refractivity contribution in [1.82, 2.24) is 4.57 Å². The summed E-state index contributed by atoms with van der Waals surface area (Å²) in [6.45, 7) is 15.3. The van der Waals surface area contributed by atoms with Gasteiger partial charge in [-0.3, -0.25) is 0 Å². The Morgan fingerprint density at radius 2 is 0.731 bits per heavy atom. The fourth-order valence-electron chi connectivity index (χ4n) is 16.3. The summed E-state index contributed by atoms with van der Waals surface area (Å²) in [4.78, 5) is 3.90. The quantitative estimate of drug-likeness (QED) is 0.134. The van der Waals surface area contributed by atoms with Gasteiger partial charge in [-0.2, -0.15) is 0 Å². The molecule has 0 bridgehead atoms. The van der Waals surface area contributed by atoms with Crippen molar-refractivity contribution < 1.29 is 36.3 Å². The van der Waals surface area contributed by atoms with Gasteiger partial charge in [-0.15, -0.1) is 0 Å². The highest BCUT2D eigenvalue weighted by molar-refractivity contribution is 7.03. The van der Waals surface area contributed by atoms with Gasteiger partial charge in [0.1, 0.15) is 11.5 Å². The fraction of sp³-hybridized carbons (Fsp3) is 0.118. The molecule has 0 spiro atoms. The SMILES string of the molecule is [2H]c1c([2H])c([2H])c(-c2c([2H])c([2H])c3c(c2[2H])Oc2c4c(c([2H])c5c2B3c2c([2H])c(-c3ccccc3)c([2H])c3c6c([2H])c([2H])c([2H])c([2H])c6n-5c23)N(c2c(-c3ccccc3)cc(C(C)(C)C)cc2-c2ccccc2)c2cc(C(C)(C)C)cc3c2B4c2c([2H])c([2H])c(-c4c([2H])c([2H])c([2H])c([2H])c4[2H])c([2H])c2N3c2c(-c3ccccc3)cc(C(C)(C)C)cc2-c2ccccc2)c([2H])c1[2H]. The molecule has 16 aromatic rings. The normalized spacial score (nSPS) is 16.2. The number of aromatic nitrogens is 1. The predicted molar refractivity (Wildman–Crippen MR) is 460 cm³/mol. The van der Waals surface area contributed by atoms with Crippen LogP contribution in [-0.2, 0) is 16.2 Å². The van der Waals surface area contributed by atoms with Crippen molar-refractivity contribution in [3.63, 3.8) is 0 Å². The molecule has 4 aliphatic heterocycles. The van der Waals surface area contributed by atoms with Crippen LogP contribution in [0, 0.1) is 0 Å². The van der Waals surface area contributed by atoms with Crippen LogP contribution in [0.5, 0.6) is 11.5 Å². The van der Waals surface area contributed by atoms with Crippen LogP contribution in [0.1, 0.15) is 111 Å². The summed E-state index contributed by atoms with van der Waals surface area (Å²) < 4.78 is 244. The lowest BCUT2D eigenvalue weighted by atomic mass is 9.30. The molecule has 108 heavy (non-hydrogen) atoms. The van der Waals surface area contributed by atoms with Crippen LogP contribution in [0.4, 0.5) is 34.1 Å². The molecule has 0 saturated heterocycles. The number of nitrogens with zero attached hydrogens (tertiary/aromatic N) is 3. The molecule has 0 aliphatic carbocycles. The second kappa shape index (κ2) is 24.6. The van der Waals surface area contributed by atoms with Crippen molar-refractivity contribution in [3.05, 3.63) is 344 Å². The number of rotatable bonds is 9. The molecule has 4 nitrogen and oxygen atoms in total. The number of fused-ring (bicyclic) bond motifs is 12. The van der Waals surface area contributed by atoms with Crippen LogP contribution in [0.3, 0.4) is 0 Å². The first-order valence-electron chi connectivity index (χ1n) is 47.9. The van der Waals surface area contributed by atoms with Gasteiger partial charge in [0.15, 0.2) is 0 Å². The van der Waals surface area contributed by atoms with Gasteiger partial charge in [-0.25, -0.2) is 0 Å². The first-order chi connectivity index (χ1) is 62.1. The van der Waals surface area contributed by atoms with Gasteiger partial charge in [0.25, 0.3) is 13.4 Å². The van der Waals surface area contributed by atoms with Crippen LogP contribution in [0.25, 0.3) is 105 Å². The van der Waals surface area contributed by atoms with Crippen LogP contribution in [0.2, 0.25) is 0 Å². The Hall–Kier alpha value is -12.4. The van der Waals surface area contributed by atoms with E-state index in [0.29, 0.717) is 83.8 Å². The van der Waals surface area contributed by atoms with Crippen molar-refractivity contribution >= 4 is 102 Å². The second-order valence-electron chi connectivity index (χ2n) is 31.3. The van der Waals surface area contributed by atoms with Gasteiger partial charge in [-0.1, -0.05) is 323 Å². The van der Waals surface area contributed by atoms with Crippen LogP contribution >= 0.6 is 0 Å². The summed E-state index contributed by atoms with van der Waals surface area (Å²) in [6.07, 6.45) is 0.